The van der Waals surface area contributed by atoms with Crippen LogP contribution >= 0.6 is 0 Å². The first kappa shape index (κ1) is 102. The Morgan fingerprint density at radius 2 is 0.773 bits per heavy atom. The molecule has 0 radical (unpaired) electrons. The van der Waals surface area contributed by atoms with Gasteiger partial charge in [-0.15, -0.1) is 0 Å². The molecule has 4 aliphatic carbocycles. The smallest absolute Gasteiger partial charge is 0.0244 e. The van der Waals surface area contributed by atoms with Crippen molar-refractivity contribution in [3.8, 4) is 0 Å². The molecular weight excluding hydrogens is 1340 g/mol. The maximum Gasteiger partial charge on any atom is 0.0244 e. The number of nitrogens with one attached hydrogen (secondary N) is 2. The molecule has 0 aromatic heterocycles. The number of likely N-dealkylation sites (N-methyl/N-ethyl adjacent to an activating group) is 1. The molecule has 12 rings (SSSR count). The van der Waals surface area contributed by atoms with E-state index in [4.69, 9.17) is 0 Å². The van der Waals surface area contributed by atoms with Crippen molar-refractivity contribution in [3.05, 3.63) is 0 Å². The van der Waals surface area contributed by atoms with Crippen LogP contribution in [0.2, 0.25) is 0 Å². The molecule has 12 aliphatic rings. The third kappa shape index (κ3) is 38.3. The molecule has 12 fully saturated rings. The number of hydrogen-bond acceptors (Lipinski definition) is 11. The third-order valence-electron chi connectivity index (χ3n) is 29.1. The van der Waals surface area contributed by atoms with Crippen molar-refractivity contribution in [2.24, 2.45) is 40.9 Å². The van der Waals surface area contributed by atoms with Crippen LogP contribution in [0.1, 0.15) is 407 Å². The van der Waals surface area contributed by atoms with Crippen LogP contribution in [0.3, 0.4) is 0 Å². The van der Waals surface area contributed by atoms with Crippen LogP contribution < -0.4 is 10.6 Å². The Bertz CT molecular complexity index is 2300. The average Bonchev–Trinajstić information content (AvgIpc) is 1.63. The molecule has 1 spiro atoms. The first-order chi connectivity index (χ1) is 50.8. The van der Waals surface area contributed by atoms with E-state index in [1.54, 1.807) is 0 Å². The van der Waals surface area contributed by atoms with Gasteiger partial charge in [0.05, 0.1) is 0 Å². The van der Waals surface area contributed by atoms with Crippen LogP contribution in [-0.2, 0) is 0 Å². The highest BCUT2D eigenvalue weighted by Crippen LogP contribution is 2.47. The highest BCUT2D eigenvalue weighted by atomic mass is 15.4. The minimum absolute atomic E-state index is 0.303. The molecule has 110 heavy (non-hydrogen) atoms. The molecule has 11 heteroatoms. The molecule has 4 atom stereocenters. The SMILES string of the molecule is CC(C)(C)N1CC2CCC1C2.CC(C)(C)N1CCC2(CCCC2)CC1.CC(C)(C)NCC1CCCCC1.CC1CCN(C(C)(C)C)CC1.CCC1CCN(C(C)(C)C)CC1.CCCC1CCN(C(C)(C)C)CC1.CN(CC1CCCCC1)C(C)(C)C.CN1CC2CC1CN2C(C)(C)C.CNC1CCN(C(C)(C)C)CC1. The van der Waals surface area contributed by atoms with E-state index in [-0.39, 0.29) is 0 Å². The van der Waals surface area contributed by atoms with Crippen molar-refractivity contribution in [2.75, 3.05) is 119 Å². The minimum atomic E-state index is 0.303. The number of piperidine rings is 6. The fourth-order valence-corrected chi connectivity index (χ4v) is 20.4. The summed E-state index contributed by atoms with van der Waals surface area (Å²) in [6, 6.07) is 3.36. The molecule has 654 valence electrons. The van der Waals surface area contributed by atoms with Crippen molar-refractivity contribution in [1.82, 2.24) is 54.7 Å². The Morgan fingerprint density at radius 3 is 1.10 bits per heavy atom. The molecule has 4 bridgehead atoms. The Morgan fingerprint density at radius 1 is 0.373 bits per heavy atom. The second-order valence-corrected chi connectivity index (χ2v) is 47.5. The van der Waals surface area contributed by atoms with E-state index >= 15 is 0 Å². The molecule has 2 N–H and O–H groups in total. The molecule has 4 unspecified atom stereocenters. The van der Waals surface area contributed by atoms with Crippen molar-refractivity contribution < 1.29 is 0 Å². The number of piperazine rings is 1. The zero-order valence-corrected chi connectivity index (χ0v) is 81.3. The molecule has 0 aromatic rings. The number of likely N-dealkylation sites (tertiary alicyclic amines) is 8. The lowest BCUT2D eigenvalue weighted by molar-refractivity contribution is 0.0455. The van der Waals surface area contributed by atoms with E-state index in [1.807, 2.05) is 0 Å². The predicted octanol–water partition coefficient (Wildman–Crippen LogP) is 23.3. The first-order valence-corrected chi connectivity index (χ1v) is 47.9. The summed E-state index contributed by atoms with van der Waals surface area (Å²) in [5, 5.41) is 6.94. The van der Waals surface area contributed by atoms with Gasteiger partial charge in [0.2, 0.25) is 0 Å². The second-order valence-electron chi connectivity index (χ2n) is 47.5. The summed E-state index contributed by atoms with van der Waals surface area (Å²) in [6.45, 7) is 88.9. The Hall–Kier alpha value is -0.440. The summed E-state index contributed by atoms with van der Waals surface area (Å²) < 4.78 is 0. The fraction of sp³-hybridized carbons (Fsp3) is 1.00. The lowest BCUT2D eigenvalue weighted by Crippen LogP contribution is -2.52. The van der Waals surface area contributed by atoms with Gasteiger partial charge in [-0.3, -0.25) is 34.3 Å². The number of rotatable bonds is 8. The standard InChI is InChI=1S/C13H25N.2C12H25N.2C11H23N.C10H20N2.C10H22N2.C10H19N.C10H21N/c1-12(2,3)14-10-8-13(9-11-14)6-4-5-7-13;1-12(2,3)13(4)10-11-8-6-5-7-9-11;1-5-6-11-7-9-13(10-8-11)12(2,3)4;1-11(2,3)12-9-10-7-5-4-6-8-10;1-5-10-6-8-12(9-7-10)11(2,3)4;1-10(2,3)12-7-8-5-9(12)6-11(8)4;1-10(2,3)12-7-5-9(11-4)6-8-12;1-10(2,3)11-7-8-4-5-9(11)6-8;1-9-5-7-11(8-6-9)10(2,3)4/h4-11H2,1-3H3;2*11H,5-10H2,1-4H3;10,12H,4-9H2,1-3H3;10H,5-9H2,1-4H3;8-9H,5-7H2,1-4H3;9,11H,5-8H2,1-4H3;8-9H,4-7H2,1-3H3;9H,5-8H2,1-4H3. The Labute approximate surface area is 691 Å². The molecule has 0 amide bonds. The second kappa shape index (κ2) is 46.4. The van der Waals surface area contributed by atoms with E-state index < -0.39 is 0 Å². The van der Waals surface area contributed by atoms with E-state index in [9.17, 15) is 0 Å². The molecule has 8 saturated heterocycles. The summed E-state index contributed by atoms with van der Waals surface area (Å²) in [4.78, 5) is 23.4. The zero-order valence-electron chi connectivity index (χ0n) is 81.3. The molecular formula is C99H203N11. The highest BCUT2D eigenvalue weighted by molar-refractivity contribution is 5.03. The lowest BCUT2D eigenvalue weighted by Gasteiger charge is -2.45. The van der Waals surface area contributed by atoms with Crippen LogP contribution in [0.15, 0.2) is 0 Å². The van der Waals surface area contributed by atoms with Crippen LogP contribution in [0.4, 0.5) is 0 Å². The summed E-state index contributed by atoms with van der Waals surface area (Å²) in [5.41, 5.74) is 4.13. The maximum atomic E-state index is 3.59. The predicted molar refractivity (Wildman–Crippen MR) is 490 cm³/mol. The summed E-state index contributed by atoms with van der Waals surface area (Å²) >= 11 is 0. The van der Waals surface area contributed by atoms with Gasteiger partial charge in [-0.05, 0) is 436 Å². The number of hydrogen-bond donors (Lipinski definition) is 2. The van der Waals surface area contributed by atoms with Crippen LogP contribution in [0, 0.1) is 40.9 Å². The first-order valence-electron chi connectivity index (χ1n) is 47.9. The lowest BCUT2D eigenvalue weighted by atomic mass is 9.76. The van der Waals surface area contributed by atoms with Crippen LogP contribution in [0.25, 0.3) is 0 Å². The van der Waals surface area contributed by atoms with Gasteiger partial charge in [0, 0.05) is 113 Å². The average molecular weight is 1550 g/mol. The van der Waals surface area contributed by atoms with Gasteiger partial charge in [0.25, 0.3) is 0 Å². The maximum absolute atomic E-state index is 3.59. The van der Waals surface area contributed by atoms with Crippen molar-refractivity contribution in [1.29, 1.82) is 0 Å². The molecule has 0 aromatic carbocycles. The normalized spacial score (nSPS) is 26.5. The molecule has 11 nitrogen and oxygen atoms in total. The third-order valence-corrected chi connectivity index (χ3v) is 29.1. The van der Waals surface area contributed by atoms with Gasteiger partial charge in [-0.1, -0.05) is 91.4 Å². The largest absolute Gasteiger partial charge is 0.317 e. The molecule has 8 aliphatic heterocycles. The monoisotopic (exact) mass is 1550 g/mol. The van der Waals surface area contributed by atoms with Gasteiger partial charge in [-0.25, -0.2) is 0 Å². The fourth-order valence-electron chi connectivity index (χ4n) is 20.4. The number of nitrogens with zero attached hydrogens (tertiary/aromatic N) is 9. The highest BCUT2D eigenvalue weighted by Gasteiger charge is 2.46. The van der Waals surface area contributed by atoms with Gasteiger partial charge in [0.15, 0.2) is 0 Å². The Balaban J connectivity index is 0.000000261. The topological polar surface area (TPSA) is 53.2 Å². The van der Waals surface area contributed by atoms with E-state index in [0.29, 0.717) is 49.9 Å². The Kier molecular flexibility index (Phi) is 43.0. The van der Waals surface area contributed by atoms with E-state index in [1.165, 1.54) is 297 Å². The van der Waals surface area contributed by atoms with Crippen molar-refractivity contribution >= 4 is 0 Å². The number of fused-ring (bicyclic) bond motifs is 4. The van der Waals surface area contributed by atoms with E-state index in [2.05, 4.69) is 284 Å². The molecule has 4 saturated carbocycles. The van der Waals surface area contributed by atoms with Gasteiger partial charge >= 0.3 is 0 Å². The van der Waals surface area contributed by atoms with Gasteiger partial charge in [-0.2, -0.15) is 0 Å². The summed E-state index contributed by atoms with van der Waals surface area (Å²) in [7, 11) is 6.58. The van der Waals surface area contributed by atoms with E-state index in [0.717, 1.165) is 65.1 Å². The van der Waals surface area contributed by atoms with Crippen molar-refractivity contribution in [2.45, 2.75) is 481 Å². The van der Waals surface area contributed by atoms with Crippen LogP contribution in [0.5, 0.6) is 0 Å². The van der Waals surface area contributed by atoms with Gasteiger partial charge < -0.3 is 20.4 Å². The zero-order chi connectivity index (χ0) is 82.9. The van der Waals surface area contributed by atoms with Crippen LogP contribution in [-0.4, -0.2) is 237 Å². The summed E-state index contributed by atoms with van der Waals surface area (Å²) in [5.74, 6) is 5.94. The van der Waals surface area contributed by atoms with Gasteiger partial charge in [0.1, 0.15) is 0 Å². The van der Waals surface area contributed by atoms with Crippen molar-refractivity contribution in [3.63, 3.8) is 0 Å². The minimum Gasteiger partial charge on any atom is -0.317 e. The quantitative estimate of drug-likeness (QED) is 0.244. The molecule has 8 heterocycles. The summed E-state index contributed by atoms with van der Waals surface area (Å²) in [6.07, 6.45) is 44.6.